The number of rotatable bonds is 29. The molecule has 0 amide bonds. The Morgan fingerprint density at radius 1 is 0.744 bits per heavy atom. The van der Waals surface area contributed by atoms with E-state index in [1.54, 1.807) is 0 Å². The van der Waals surface area contributed by atoms with Gasteiger partial charge in [-0.25, -0.2) is 4.57 Å². The minimum atomic E-state index is -4.19. The number of phosphoric ester groups is 1. The molecule has 0 aromatic rings. The molecule has 2 atom stereocenters. The number of carbonyl (C=O) groups excluding carboxylic acids is 1. The summed E-state index contributed by atoms with van der Waals surface area (Å²) in [6.45, 7) is 3.96. The molecule has 234 valence electrons. The Labute approximate surface area is 239 Å². The fourth-order valence-corrected chi connectivity index (χ4v) is 4.71. The number of unbranched alkanes of at least 4 members (excludes halogenated alkanes) is 13. The van der Waals surface area contributed by atoms with Crippen molar-refractivity contribution in [1.82, 2.24) is 0 Å². The Balaban J connectivity index is 4.04. The fourth-order valence-electron chi connectivity index (χ4n) is 3.97. The summed E-state index contributed by atoms with van der Waals surface area (Å²) in [4.78, 5) is 21.3. The molecule has 0 bridgehead atoms. The second-order valence-electron chi connectivity index (χ2n) is 11.5. The van der Waals surface area contributed by atoms with Crippen LogP contribution in [0.25, 0.3) is 0 Å². The van der Waals surface area contributed by atoms with Crippen LogP contribution in [0.3, 0.4) is 0 Å². The molecule has 0 saturated heterocycles. The summed E-state index contributed by atoms with van der Waals surface area (Å²) in [5, 5.41) is 0. The van der Waals surface area contributed by atoms with Crippen LogP contribution in [0.4, 0.5) is 0 Å². The van der Waals surface area contributed by atoms with Crippen molar-refractivity contribution in [2.45, 2.75) is 116 Å². The van der Waals surface area contributed by atoms with Crippen LogP contribution in [0.15, 0.2) is 0 Å². The van der Waals surface area contributed by atoms with Gasteiger partial charge in [0, 0.05) is 19.6 Å². The smallest absolute Gasteiger partial charge is 0.469 e. The monoisotopic (exact) mass is 582 g/mol. The van der Waals surface area contributed by atoms with E-state index in [4.69, 9.17) is 18.5 Å². The Kier molecular flexibility index (Phi) is 24.8. The lowest BCUT2D eigenvalue weighted by Gasteiger charge is -2.24. The summed E-state index contributed by atoms with van der Waals surface area (Å²) in [6, 6.07) is 0. The molecule has 0 spiro atoms. The van der Waals surface area contributed by atoms with Crippen LogP contribution in [0, 0.1) is 0 Å². The van der Waals surface area contributed by atoms with Crippen molar-refractivity contribution in [1.29, 1.82) is 0 Å². The topological polar surface area (TPSA) is 101 Å². The van der Waals surface area contributed by atoms with E-state index < -0.39 is 13.9 Å². The van der Waals surface area contributed by atoms with Gasteiger partial charge in [-0.05, 0) is 12.8 Å². The maximum absolute atomic E-state index is 12.2. The standard InChI is InChI=1S/C29H60NO8P/c1-6-7-8-9-10-11-12-13-14-15-16-17-18-19-23-35-26-28(36-24-20-21-29(31)34-5)27-38-39(32,33)37-25-22-30(2,3)4/h28H,6-27H2,1-5H3/p+1/t28-/m1/s1. The third-order valence-electron chi connectivity index (χ3n) is 6.49. The van der Waals surface area contributed by atoms with Crippen LogP contribution in [0.1, 0.15) is 110 Å². The number of esters is 1. The van der Waals surface area contributed by atoms with Gasteiger partial charge in [0.2, 0.25) is 0 Å². The number of methoxy groups -OCH3 is 1. The lowest BCUT2D eigenvalue weighted by molar-refractivity contribution is -0.870. The average molecular weight is 583 g/mol. The first kappa shape index (κ1) is 38.5. The number of carbonyl (C=O) groups is 1. The zero-order valence-corrected chi connectivity index (χ0v) is 26.7. The predicted molar refractivity (Wildman–Crippen MR) is 157 cm³/mol. The van der Waals surface area contributed by atoms with Gasteiger partial charge in [0.05, 0.1) is 41.5 Å². The largest absolute Gasteiger partial charge is 0.472 e. The van der Waals surface area contributed by atoms with Crippen molar-refractivity contribution in [2.24, 2.45) is 0 Å². The minimum Gasteiger partial charge on any atom is -0.469 e. The number of likely N-dealkylation sites (N-methyl/N-ethyl adjacent to an activating group) is 1. The van der Waals surface area contributed by atoms with Gasteiger partial charge in [0.1, 0.15) is 19.3 Å². The second-order valence-corrected chi connectivity index (χ2v) is 12.9. The molecule has 1 unspecified atom stereocenters. The van der Waals surface area contributed by atoms with Crippen molar-refractivity contribution in [2.75, 3.05) is 67.8 Å². The van der Waals surface area contributed by atoms with Gasteiger partial charge in [-0.1, -0.05) is 90.4 Å². The van der Waals surface area contributed by atoms with Gasteiger partial charge in [-0.3, -0.25) is 13.8 Å². The van der Waals surface area contributed by atoms with Crippen LogP contribution >= 0.6 is 7.82 Å². The van der Waals surface area contributed by atoms with Crippen LogP contribution in [0.5, 0.6) is 0 Å². The molecule has 0 aliphatic carbocycles. The van der Waals surface area contributed by atoms with Gasteiger partial charge >= 0.3 is 13.8 Å². The number of hydrogen-bond acceptors (Lipinski definition) is 7. The van der Waals surface area contributed by atoms with E-state index in [2.05, 4.69) is 11.7 Å². The molecule has 0 aliphatic rings. The first-order valence-electron chi connectivity index (χ1n) is 15.3. The number of nitrogens with zero attached hydrogens (tertiary/aromatic N) is 1. The predicted octanol–water partition coefficient (Wildman–Crippen LogP) is 6.66. The molecule has 1 N–H and O–H groups in total. The fraction of sp³-hybridized carbons (Fsp3) is 0.966. The lowest BCUT2D eigenvalue weighted by Crippen LogP contribution is -2.37. The highest BCUT2D eigenvalue weighted by Crippen LogP contribution is 2.43. The van der Waals surface area contributed by atoms with Crippen molar-refractivity contribution in [3.8, 4) is 0 Å². The highest BCUT2D eigenvalue weighted by molar-refractivity contribution is 7.47. The minimum absolute atomic E-state index is 0.109. The summed E-state index contributed by atoms with van der Waals surface area (Å²) < 4.78 is 39.3. The Morgan fingerprint density at radius 3 is 1.79 bits per heavy atom. The molecule has 39 heavy (non-hydrogen) atoms. The van der Waals surface area contributed by atoms with Crippen LogP contribution < -0.4 is 0 Å². The van der Waals surface area contributed by atoms with E-state index in [0.717, 1.165) is 12.8 Å². The summed E-state index contributed by atoms with van der Waals surface area (Å²) >= 11 is 0. The SMILES string of the molecule is CCCCCCCCCCCCCCCCOC[C@H](COP(=O)(O)OCC[N+](C)(C)C)OCCCC(=O)OC. The van der Waals surface area contributed by atoms with E-state index in [1.807, 2.05) is 21.1 Å². The van der Waals surface area contributed by atoms with E-state index >= 15 is 0 Å². The Morgan fingerprint density at radius 2 is 1.28 bits per heavy atom. The first-order chi connectivity index (χ1) is 18.6. The maximum atomic E-state index is 12.2. The Bertz CT molecular complexity index is 615. The summed E-state index contributed by atoms with van der Waals surface area (Å²) in [7, 11) is 3.08. The number of quaternary nitrogens is 1. The summed E-state index contributed by atoms with van der Waals surface area (Å²) in [5.41, 5.74) is 0. The van der Waals surface area contributed by atoms with Crippen molar-refractivity contribution >= 4 is 13.8 Å². The van der Waals surface area contributed by atoms with E-state index in [0.29, 0.717) is 30.7 Å². The molecule has 0 rings (SSSR count). The zero-order chi connectivity index (χ0) is 29.2. The highest BCUT2D eigenvalue weighted by Gasteiger charge is 2.25. The number of hydrogen-bond donors (Lipinski definition) is 1. The third kappa shape index (κ3) is 28.8. The molecule has 0 fully saturated rings. The molecule has 0 heterocycles. The van der Waals surface area contributed by atoms with Crippen molar-refractivity contribution in [3.63, 3.8) is 0 Å². The van der Waals surface area contributed by atoms with Gasteiger partial charge in [-0.15, -0.1) is 0 Å². The first-order valence-corrected chi connectivity index (χ1v) is 16.8. The molecule has 0 aromatic carbocycles. The summed E-state index contributed by atoms with van der Waals surface area (Å²) in [5.74, 6) is -0.300. The van der Waals surface area contributed by atoms with E-state index in [1.165, 1.54) is 84.2 Å². The summed E-state index contributed by atoms with van der Waals surface area (Å²) in [6.07, 6.45) is 18.5. The molecule has 0 radical (unpaired) electrons. The third-order valence-corrected chi connectivity index (χ3v) is 7.48. The normalized spacial score (nSPS) is 14.3. The van der Waals surface area contributed by atoms with Crippen molar-refractivity contribution < 1.29 is 42.0 Å². The second kappa shape index (κ2) is 25.2. The van der Waals surface area contributed by atoms with Gasteiger partial charge < -0.3 is 23.6 Å². The van der Waals surface area contributed by atoms with Crippen molar-refractivity contribution in [3.05, 3.63) is 0 Å². The lowest BCUT2D eigenvalue weighted by atomic mass is 10.0. The molecule has 9 nitrogen and oxygen atoms in total. The van der Waals surface area contributed by atoms with E-state index in [9.17, 15) is 14.3 Å². The zero-order valence-electron chi connectivity index (χ0n) is 25.8. The van der Waals surface area contributed by atoms with Gasteiger partial charge in [-0.2, -0.15) is 0 Å². The number of phosphoric acid groups is 1. The molecule has 10 heteroatoms. The molecule has 0 saturated carbocycles. The molecule has 0 aliphatic heterocycles. The Hall–Kier alpha value is -0.540. The van der Waals surface area contributed by atoms with Gasteiger partial charge in [0.15, 0.2) is 0 Å². The highest BCUT2D eigenvalue weighted by atomic mass is 31.2. The van der Waals surface area contributed by atoms with E-state index in [-0.39, 0.29) is 32.2 Å². The van der Waals surface area contributed by atoms with Crippen LogP contribution in [-0.2, 0) is 32.6 Å². The molecular weight excluding hydrogens is 521 g/mol. The maximum Gasteiger partial charge on any atom is 0.472 e. The van der Waals surface area contributed by atoms with Crippen LogP contribution in [0.2, 0.25) is 0 Å². The number of ether oxygens (including phenoxy) is 3. The molecular formula is C29H61NO8P+. The quantitative estimate of drug-likeness (QED) is 0.0452. The average Bonchev–Trinajstić information content (AvgIpc) is 2.87. The molecule has 0 aromatic heterocycles. The van der Waals surface area contributed by atoms with Gasteiger partial charge in [0.25, 0.3) is 0 Å². The van der Waals surface area contributed by atoms with Crippen LogP contribution in [-0.4, -0.2) is 89.3 Å².